The molecule has 0 saturated carbocycles. The first kappa shape index (κ1) is 18.1. The van der Waals surface area contributed by atoms with Gasteiger partial charge in [-0.2, -0.15) is 0 Å². The van der Waals surface area contributed by atoms with E-state index in [1.165, 1.54) is 0 Å². The smallest absolute Gasteiger partial charge is 0.311 e. The number of hydrogen-bond donors (Lipinski definition) is 0. The minimum atomic E-state index is -0.165. The molecule has 2 aromatic carbocycles. The molecule has 4 nitrogen and oxygen atoms in total. The van der Waals surface area contributed by atoms with Gasteiger partial charge in [0.1, 0.15) is 5.75 Å². The first-order valence-corrected chi connectivity index (χ1v) is 10.8. The maximum atomic E-state index is 12.0. The summed E-state index contributed by atoms with van der Waals surface area (Å²) in [4.78, 5) is 21.4. The fourth-order valence-electron chi connectivity index (χ4n) is 2.90. The van der Waals surface area contributed by atoms with Crippen LogP contribution in [0.3, 0.4) is 0 Å². The summed E-state index contributed by atoms with van der Waals surface area (Å²) in [6.45, 7) is 2.16. The molecule has 0 atom stereocenters. The van der Waals surface area contributed by atoms with E-state index in [2.05, 4.69) is 18.0 Å². The maximum Gasteiger partial charge on any atom is 0.311 e. The fraction of sp³-hybridized carbons (Fsp3) is 0.286. The zero-order valence-corrected chi connectivity index (χ0v) is 16.7. The zero-order chi connectivity index (χ0) is 18.6. The molecule has 2 aromatic heterocycles. The van der Waals surface area contributed by atoms with E-state index in [0.29, 0.717) is 12.2 Å². The summed E-state index contributed by atoms with van der Waals surface area (Å²) in [5, 5.41) is 1.82. The van der Waals surface area contributed by atoms with E-state index in [-0.39, 0.29) is 5.97 Å². The second-order valence-corrected chi connectivity index (χ2v) is 8.48. The highest BCUT2D eigenvalue weighted by Crippen LogP contribution is 2.36. The quantitative estimate of drug-likeness (QED) is 0.205. The lowest BCUT2D eigenvalue weighted by atomic mass is 10.1. The molecule has 0 spiro atoms. The Morgan fingerprint density at radius 1 is 0.926 bits per heavy atom. The highest BCUT2D eigenvalue weighted by molar-refractivity contribution is 7.27. The maximum absolute atomic E-state index is 12.0. The molecule has 0 N–H and O–H groups in total. The first-order chi connectivity index (χ1) is 13.2. The Labute approximate surface area is 165 Å². The minimum absolute atomic E-state index is 0.165. The van der Waals surface area contributed by atoms with E-state index in [9.17, 15) is 4.79 Å². The number of aromatic nitrogens is 2. The van der Waals surface area contributed by atoms with E-state index in [1.807, 2.05) is 36.4 Å². The van der Waals surface area contributed by atoms with Gasteiger partial charge in [0, 0.05) is 12.5 Å². The molecule has 0 saturated heterocycles. The summed E-state index contributed by atoms with van der Waals surface area (Å²) in [6, 6.07) is 13.7. The van der Waals surface area contributed by atoms with Crippen LogP contribution in [0, 0.1) is 0 Å². The Balaban J connectivity index is 1.50. The van der Waals surface area contributed by atoms with E-state index in [0.717, 1.165) is 56.1 Å². The van der Waals surface area contributed by atoms with Crippen molar-refractivity contribution in [3.8, 4) is 15.8 Å². The molecule has 0 bridgehead atoms. The molecule has 4 aromatic rings. The normalized spacial score (nSPS) is 11.3. The summed E-state index contributed by atoms with van der Waals surface area (Å²) < 4.78 is 7.65. The van der Waals surface area contributed by atoms with Crippen molar-refractivity contribution in [3.05, 3.63) is 42.5 Å². The van der Waals surface area contributed by atoms with Crippen LogP contribution in [0.1, 0.15) is 39.0 Å². The predicted molar refractivity (Wildman–Crippen MR) is 113 cm³/mol. The number of benzene rings is 2. The molecule has 0 unspecified atom stereocenters. The first-order valence-electron chi connectivity index (χ1n) is 9.20. The summed E-state index contributed by atoms with van der Waals surface area (Å²) in [5.41, 5.74) is 1.89. The summed E-state index contributed by atoms with van der Waals surface area (Å²) in [7, 11) is 0. The Kier molecular flexibility index (Phi) is 5.45. The number of ether oxygens (including phenoxy) is 1. The van der Waals surface area contributed by atoms with Gasteiger partial charge in [-0.3, -0.25) is 4.79 Å². The lowest BCUT2D eigenvalue weighted by Crippen LogP contribution is -2.07. The molecule has 0 fully saturated rings. The number of carbonyl (C=O) groups is 1. The third-order valence-corrected chi connectivity index (χ3v) is 6.50. The fourth-order valence-corrected chi connectivity index (χ4v) is 4.88. The molecule has 138 valence electrons. The van der Waals surface area contributed by atoms with Crippen LogP contribution in [-0.2, 0) is 4.79 Å². The van der Waals surface area contributed by atoms with E-state index < -0.39 is 0 Å². The van der Waals surface area contributed by atoms with Crippen molar-refractivity contribution in [1.82, 2.24) is 9.97 Å². The zero-order valence-electron chi connectivity index (χ0n) is 15.1. The van der Waals surface area contributed by atoms with Crippen molar-refractivity contribution < 1.29 is 9.53 Å². The van der Waals surface area contributed by atoms with Crippen LogP contribution in [0.25, 0.3) is 30.4 Å². The molecule has 0 aliphatic heterocycles. The van der Waals surface area contributed by atoms with Crippen molar-refractivity contribution in [3.63, 3.8) is 0 Å². The predicted octanol–water partition coefficient (Wildman–Crippen LogP) is 6.45. The minimum Gasteiger partial charge on any atom is -0.426 e. The molecular formula is C21H20N2O2S2. The molecule has 2 heterocycles. The monoisotopic (exact) mass is 396 g/mol. The Morgan fingerprint density at radius 3 is 2.44 bits per heavy atom. The van der Waals surface area contributed by atoms with Crippen molar-refractivity contribution in [1.29, 1.82) is 0 Å². The summed E-state index contributed by atoms with van der Waals surface area (Å²) >= 11 is 3.22. The number of carbonyl (C=O) groups excluding carboxylic acids is 1. The van der Waals surface area contributed by atoms with E-state index >= 15 is 0 Å². The second-order valence-electron chi connectivity index (χ2n) is 6.42. The topological polar surface area (TPSA) is 52.1 Å². The van der Waals surface area contributed by atoms with Crippen molar-refractivity contribution in [2.75, 3.05) is 0 Å². The van der Waals surface area contributed by atoms with Crippen LogP contribution >= 0.6 is 22.7 Å². The van der Waals surface area contributed by atoms with Crippen molar-refractivity contribution in [2.24, 2.45) is 0 Å². The van der Waals surface area contributed by atoms with Gasteiger partial charge in [0.25, 0.3) is 0 Å². The third kappa shape index (κ3) is 4.17. The number of rotatable bonds is 7. The van der Waals surface area contributed by atoms with Crippen LogP contribution in [0.15, 0.2) is 42.5 Å². The number of nitrogens with zero attached hydrogens (tertiary/aromatic N) is 2. The molecular weight excluding hydrogens is 376 g/mol. The largest absolute Gasteiger partial charge is 0.426 e. The summed E-state index contributed by atoms with van der Waals surface area (Å²) in [6.07, 6.45) is 4.75. The van der Waals surface area contributed by atoms with Gasteiger partial charge < -0.3 is 4.74 Å². The van der Waals surface area contributed by atoms with Gasteiger partial charge in [0.15, 0.2) is 10.0 Å². The molecule has 0 aliphatic rings. The molecule has 27 heavy (non-hydrogen) atoms. The average molecular weight is 397 g/mol. The molecule has 0 radical (unpaired) electrons. The van der Waals surface area contributed by atoms with Gasteiger partial charge in [-0.1, -0.05) is 38.3 Å². The Hall–Kier alpha value is -2.31. The van der Waals surface area contributed by atoms with Gasteiger partial charge >= 0.3 is 5.97 Å². The van der Waals surface area contributed by atoms with Crippen molar-refractivity contribution >= 4 is 49.1 Å². The SMILES string of the molecule is CCCCCCC(=O)Oc1ccc2nc(-c3nc4ccccc4s3)sc2c1. The van der Waals surface area contributed by atoms with Crippen LogP contribution < -0.4 is 4.74 Å². The van der Waals surface area contributed by atoms with Gasteiger partial charge in [-0.25, -0.2) is 9.97 Å². The lowest BCUT2D eigenvalue weighted by Gasteiger charge is -2.04. The van der Waals surface area contributed by atoms with Crippen LogP contribution in [-0.4, -0.2) is 15.9 Å². The standard InChI is InChI=1S/C21H20N2O2S2/c1-2-3-4-5-10-19(24)25-14-11-12-16-18(13-14)27-21(23-16)20-22-15-8-6-7-9-17(15)26-20/h6-9,11-13H,2-5,10H2,1H3. The number of hydrogen-bond acceptors (Lipinski definition) is 6. The number of unbranched alkanes of at least 4 members (excludes halogenated alkanes) is 3. The van der Waals surface area contributed by atoms with Crippen LogP contribution in [0.4, 0.5) is 0 Å². The highest BCUT2D eigenvalue weighted by Gasteiger charge is 2.13. The van der Waals surface area contributed by atoms with E-state index in [1.54, 1.807) is 22.7 Å². The van der Waals surface area contributed by atoms with Gasteiger partial charge in [-0.05, 0) is 30.7 Å². The van der Waals surface area contributed by atoms with Crippen molar-refractivity contribution in [2.45, 2.75) is 39.0 Å². The number of thiazole rings is 2. The second kappa shape index (κ2) is 8.15. The summed E-state index contributed by atoms with van der Waals surface area (Å²) in [5.74, 6) is 0.420. The number of esters is 1. The highest BCUT2D eigenvalue weighted by atomic mass is 32.1. The molecule has 6 heteroatoms. The Morgan fingerprint density at radius 2 is 1.67 bits per heavy atom. The molecule has 0 aliphatic carbocycles. The Bertz CT molecular complexity index is 1050. The molecule has 4 rings (SSSR count). The van der Waals surface area contributed by atoms with Gasteiger partial charge in [-0.15, -0.1) is 22.7 Å². The lowest BCUT2D eigenvalue weighted by molar-refractivity contribution is -0.134. The average Bonchev–Trinajstić information content (AvgIpc) is 3.28. The number of fused-ring (bicyclic) bond motifs is 2. The van der Waals surface area contributed by atoms with Gasteiger partial charge in [0.05, 0.1) is 20.4 Å². The third-order valence-electron chi connectivity index (χ3n) is 4.30. The van der Waals surface area contributed by atoms with E-state index in [4.69, 9.17) is 9.72 Å². The van der Waals surface area contributed by atoms with Gasteiger partial charge in [0.2, 0.25) is 0 Å². The molecule has 0 amide bonds. The van der Waals surface area contributed by atoms with Crippen LogP contribution in [0.5, 0.6) is 5.75 Å². The number of para-hydroxylation sites is 1. The van der Waals surface area contributed by atoms with Crippen LogP contribution in [0.2, 0.25) is 0 Å².